The second-order valence-corrected chi connectivity index (χ2v) is 7.60. The molecule has 0 amide bonds. The topological polar surface area (TPSA) is 67.8 Å². The van der Waals surface area contributed by atoms with Crippen molar-refractivity contribution >= 4 is 17.3 Å². The average Bonchev–Trinajstić information content (AvgIpc) is 3.15. The van der Waals surface area contributed by atoms with E-state index in [2.05, 4.69) is 54.6 Å². The summed E-state index contributed by atoms with van der Waals surface area (Å²) in [6.45, 7) is 9.54. The summed E-state index contributed by atoms with van der Waals surface area (Å²) in [6.07, 6.45) is 3.91. The van der Waals surface area contributed by atoms with Crippen LogP contribution in [0.25, 0.3) is 0 Å². The van der Waals surface area contributed by atoms with Gasteiger partial charge in [0.05, 0.1) is 18.2 Å². The quantitative estimate of drug-likeness (QED) is 0.342. The third kappa shape index (κ3) is 7.48. The Morgan fingerprint density at radius 3 is 2.79 bits per heavy atom. The molecule has 0 aliphatic rings. The summed E-state index contributed by atoms with van der Waals surface area (Å²) >= 11 is 1.78. The van der Waals surface area contributed by atoms with Gasteiger partial charge in [0.1, 0.15) is 12.4 Å². The molecule has 0 saturated carbocycles. The molecule has 1 aromatic carbocycles. The first kappa shape index (κ1) is 22.2. The zero-order valence-electron chi connectivity index (χ0n) is 17.4. The predicted molar refractivity (Wildman–Crippen MR) is 117 cm³/mol. The van der Waals surface area contributed by atoms with E-state index in [0.29, 0.717) is 19.8 Å². The van der Waals surface area contributed by atoms with Crippen molar-refractivity contribution in [2.45, 2.75) is 40.2 Å². The molecule has 0 fully saturated rings. The number of benzene rings is 1. The van der Waals surface area contributed by atoms with Crippen molar-refractivity contribution < 1.29 is 9.47 Å². The van der Waals surface area contributed by atoms with E-state index < -0.39 is 0 Å². The third-order valence-corrected chi connectivity index (χ3v) is 5.30. The molecular weight excluding hydrogens is 372 g/mol. The summed E-state index contributed by atoms with van der Waals surface area (Å²) in [5.41, 5.74) is 2.23. The molecule has 7 heteroatoms. The minimum absolute atomic E-state index is 0.530. The molecule has 0 aliphatic heterocycles. The van der Waals surface area contributed by atoms with E-state index in [-0.39, 0.29) is 0 Å². The second kappa shape index (κ2) is 12.4. The standard InChI is InChI=1S/C21H32N4O2S/c1-5-18-15-24-20(28-18)9-10-23-21(22-6-2)25-14-17-8-7-16(3)13-19(17)27-12-11-26-4/h7-8,13,15H,5-6,9-12,14H2,1-4H3,(H2,22,23,25). The molecule has 0 unspecified atom stereocenters. The van der Waals surface area contributed by atoms with Gasteiger partial charge >= 0.3 is 0 Å². The minimum Gasteiger partial charge on any atom is -0.491 e. The fourth-order valence-electron chi connectivity index (χ4n) is 2.58. The molecule has 2 aromatic rings. The van der Waals surface area contributed by atoms with Gasteiger partial charge in [-0.2, -0.15) is 0 Å². The van der Waals surface area contributed by atoms with Crippen LogP contribution in [-0.4, -0.2) is 44.4 Å². The smallest absolute Gasteiger partial charge is 0.191 e. The Morgan fingerprint density at radius 2 is 2.07 bits per heavy atom. The van der Waals surface area contributed by atoms with E-state index >= 15 is 0 Å². The summed E-state index contributed by atoms with van der Waals surface area (Å²) in [7, 11) is 1.67. The van der Waals surface area contributed by atoms with Crippen molar-refractivity contribution in [2.75, 3.05) is 33.4 Å². The lowest BCUT2D eigenvalue weighted by molar-refractivity contribution is 0.145. The summed E-state index contributed by atoms with van der Waals surface area (Å²) in [5, 5.41) is 7.85. The molecule has 6 nitrogen and oxygen atoms in total. The Hall–Kier alpha value is -2.12. The number of hydrogen-bond acceptors (Lipinski definition) is 5. The van der Waals surface area contributed by atoms with Crippen LogP contribution in [0.15, 0.2) is 29.4 Å². The van der Waals surface area contributed by atoms with Gasteiger partial charge in [-0.05, 0) is 31.9 Å². The first-order valence-electron chi connectivity index (χ1n) is 9.83. The number of aryl methyl sites for hydroxylation is 2. The van der Waals surface area contributed by atoms with E-state index in [4.69, 9.17) is 14.5 Å². The van der Waals surface area contributed by atoms with Crippen LogP contribution in [0.1, 0.15) is 34.9 Å². The summed E-state index contributed by atoms with van der Waals surface area (Å²) in [5.74, 6) is 1.67. The molecule has 0 atom stereocenters. The number of thiazole rings is 1. The number of rotatable bonds is 11. The van der Waals surface area contributed by atoms with Gasteiger partial charge in [0.2, 0.25) is 0 Å². The Balaban J connectivity index is 1.95. The molecule has 154 valence electrons. The Morgan fingerprint density at radius 1 is 1.21 bits per heavy atom. The highest BCUT2D eigenvalue weighted by atomic mass is 32.1. The average molecular weight is 405 g/mol. The van der Waals surface area contributed by atoms with E-state index in [0.717, 1.165) is 48.2 Å². The molecule has 1 heterocycles. The number of aliphatic imine (C=N–C) groups is 1. The maximum Gasteiger partial charge on any atom is 0.191 e. The number of ether oxygens (including phenoxy) is 2. The molecular formula is C21H32N4O2S. The van der Waals surface area contributed by atoms with Crippen molar-refractivity contribution in [3.05, 3.63) is 45.4 Å². The molecule has 1 aromatic heterocycles. The fourth-order valence-corrected chi connectivity index (χ4v) is 3.44. The number of methoxy groups -OCH3 is 1. The van der Waals surface area contributed by atoms with Crippen molar-refractivity contribution in [1.29, 1.82) is 0 Å². The van der Waals surface area contributed by atoms with E-state index in [1.807, 2.05) is 6.20 Å². The van der Waals surface area contributed by atoms with Gasteiger partial charge in [0, 0.05) is 43.3 Å². The molecule has 2 N–H and O–H groups in total. The van der Waals surface area contributed by atoms with Crippen molar-refractivity contribution in [3.63, 3.8) is 0 Å². The molecule has 0 saturated heterocycles. The van der Waals surface area contributed by atoms with Gasteiger partial charge in [0.25, 0.3) is 0 Å². The number of guanidine groups is 1. The highest BCUT2D eigenvalue weighted by Crippen LogP contribution is 2.21. The Bertz CT molecular complexity index is 746. The lowest BCUT2D eigenvalue weighted by Gasteiger charge is -2.13. The zero-order valence-corrected chi connectivity index (χ0v) is 18.2. The van der Waals surface area contributed by atoms with Crippen molar-refractivity contribution in [3.8, 4) is 5.75 Å². The van der Waals surface area contributed by atoms with Crippen LogP contribution >= 0.6 is 11.3 Å². The van der Waals surface area contributed by atoms with Gasteiger partial charge in [-0.1, -0.05) is 19.1 Å². The first-order chi connectivity index (χ1) is 13.7. The van der Waals surface area contributed by atoms with Gasteiger partial charge in [-0.15, -0.1) is 11.3 Å². The van der Waals surface area contributed by atoms with Crippen LogP contribution in [0.4, 0.5) is 0 Å². The van der Waals surface area contributed by atoms with Crippen molar-refractivity contribution in [1.82, 2.24) is 15.6 Å². The van der Waals surface area contributed by atoms with Crippen molar-refractivity contribution in [2.24, 2.45) is 4.99 Å². The number of nitrogens with zero attached hydrogens (tertiary/aromatic N) is 2. The van der Waals surface area contributed by atoms with Crippen LogP contribution in [0, 0.1) is 6.92 Å². The van der Waals surface area contributed by atoms with Gasteiger partial charge in [-0.3, -0.25) is 0 Å². The SMILES string of the molecule is CCNC(=NCc1ccc(C)cc1OCCOC)NCCc1ncc(CC)s1. The number of nitrogens with one attached hydrogen (secondary N) is 2. The van der Waals surface area contributed by atoms with Gasteiger partial charge in [-0.25, -0.2) is 9.98 Å². The third-order valence-electron chi connectivity index (χ3n) is 4.10. The summed E-state index contributed by atoms with van der Waals surface area (Å²) in [4.78, 5) is 10.5. The maximum absolute atomic E-state index is 5.86. The van der Waals surface area contributed by atoms with E-state index in [1.54, 1.807) is 18.4 Å². The highest BCUT2D eigenvalue weighted by Gasteiger charge is 2.06. The Labute approximate surface area is 172 Å². The summed E-state index contributed by atoms with van der Waals surface area (Å²) < 4.78 is 10.9. The molecule has 2 rings (SSSR count). The van der Waals surface area contributed by atoms with Crippen LogP contribution < -0.4 is 15.4 Å². The first-order valence-corrected chi connectivity index (χ1v) is 10.6. The maximum atomic E-state index is 5.86. The van der Waals surface area contributed by atoms with Crippen LogP contribution in [0.3, 0.4) is 0 Å². The van der Waals surface area contributed by atoms with E-state index in [9.17, 15) is 0 Å². The minimum atomic E-state index is 0.530. The largest absolute Gasteiger partial charge is 0.491 e. The molecule has 0 bridgehead atoms. The van der Waals surface area contributed by atoms with Crippen LogP contribution in [-0.2, 0) is 24.1 Å². The van der Waals surface area contributed by atoms with Crippen LogP contribution in [0.5, 0.6) is 5.75 Å². The van der Waals surface area contributed by atoms with E-state index in [1.165, 1.54) is 10.4 Å². The zero-order chi connectivity index (χ0) is 20.2. The molecule has 0 aliphatic carbocycles. The molecule has 0 radical (unpaired) electrons. The van der Waals surface area contributed by atoms with Gasteiger partial charge < -0.3 is 20.1 Å². The lowest BCUT2D eigenvalue weighted by atomic mass is 10.1. The molecule has 0 spiro atoms. The fraction of sp³-hybridized carbons (Fsp3) is 0.524. The predicted octanol–water partition coefficient (Wildman–Crippen LogP) is 3.34. The summed E-state index contributed by atoms with van der Waals surface area (Å²) in [6, 6.07) is 6.21. The number of aromatic nitrogens is 1. The van der Waals surface area contributed by atoms with Gasteiger partial charge in [0.15, 0.2) is 5.96 Å². The second-order valence-electron chi connectivity index (χ2n) is 6.40. The molecule has 28 heavy (non-hydrogen) atoms. The monoisotopic (exact) mass is 404 g/mol. The highest BCUT2D eigenvalue weighted by molar-refractivity contribution is 7.11. The Kier molecular flexibility index (Phi) is 9.79. The van der Waals surface area contributed by atoms with Crippen LogP contribution in [0.2, 0.25) is 0 Å². The normalized spacial score (nSPS) is 11.5. The number of hydrogen-bond donors (Lipinski definition) is 2. The lowest BCUT2D eigenvalue weighted by Crippen LogP contribution is -2.38.